The van der Waals surface area contributed by atoms with Gasteiger partial charge in [-0.15, -0.1) is 0 Å². The molecule has 0 amide bonds. The van der Waals surface area contributed by atoms with E-state index in [2.05, 4.69) is 118 Å². The largest absolute Gasteiger partial charge is 0.461 e. The molecule has 0 bridgehead atoms. The van der Waals surface area contributed by atoms with E-state index >= 15 is 0 Å². The molecule has 316 valence electrons. The van der Waals surface area contributed by atoms with Crippen molar-refractivity contribution in [3.05, 3.63) is 109 Å². The van der Waals surface area contributed by atoms with E-state index in [1.807, 2.05) is 12.2 Å². The Bertz CT molecular complexity index is 1150. The fraction of sp³-hybridized carbons (Fsp3) is 0.608. The van der Waals surface area contributed by atoms with E-state index in [9.17, 15) is 9.59 Å². The van der Waals surface area contributed by atoms with Gasteiger partial charge in [0.15, 0.2) is 6.10 Å². The Hall–Kier alpha value is -3.44. The molecule has 0 aliphatic heterocycles. The summed E-state index contributed by atoms with van der Waals surface area (Å²) in [6.45, 7) is 7.32. The zero-order valence-electron chi connectivity index (χ0n) is 36.1. The highest BCUT2D eigenvalue weighted by molar-refractivity contribution is 5.71. The standard InChI is InChI=1S/C51H82O5/c1-4-7-10-13-16-19-22-24-26-27-30-32-35-38-41-44-50(52)55-48-49(56-51(53)45-42-39-36-33-29-21-18-15-12-9-6-3)47-54-46-43-40-37-34-31-28-25-23-20-17-14-11-8-5-2/h7-8,10-11,16-17,19-20,24-26,28,30,32,34,37-38,41,49H,4-6,9,12-15,18,21-23,27,29,31,33,35-36,39-40,42-48H2,1-3H3/b10-7-,11-8-,19-16-,20-17-,26-24-,28-25-,32-30-,37-34-,41-38-. The van der Waals surface area contributed by atoms with Crippen LogP contribution in [0.25, 0.3) is 0 Å². The Kier molecular flexibility index (Phi) is 43.1. The predicted octanol–water partition coefficient (Wildman–Crippen LogP) is 14.9. The van der Waals surface area contributed by atoms with Crippen molar-refractivity contribution in [2.24, 2.45) is 0 Å². The quantitative estimate of drug-likeness (QED) is 0.0354. The maximum Gasteiger partial charge on any atom is 0.309 e. The Labute approximate surface area is 344 Å². The topological polar surface area (TPSA) is 61.8 Å². The van der Waals surface area contributed by atoms with Crippen molar-refractivity contribution < 1.29 is 23.8 Å². The molecule has 0 aliphatic rings. The molecule has 0 N–H and O–H groups in total. The lowest BCUT2D eigenvalue weighted by Crippen LogP contribution is -2.30. The van der Waals surface area contributed by atoms with Gasteiger partial charge in [-0.25, -0.2) is 0 Å². The molecule has 0 fully saturated rings. The monoisotopic (exact) mass is 775 g/mol. The van der Waals surface area contributed by atoms with Crippen molar-refractivity contribution in [2.45, 2.75) is 181 Å². The molecule has 0 spiro atoms. The van der Waals surface area contributed by atoms with Gasteiger partial charge < -0.3 is 14.2 Å². The van der Waals surface area contributed by atoms with E-state index in [-0.39, 0.29) is 31.6 Å². The molecule has 0 rings (SSSR count). The van der Waals surface area contributed by atoms with Gasteiger partial charge in [-0.3, -0.25) is 9.59 Å². The van der Waals surface area contributed by atoms with Crippen molar-refractivity contribution in [3.63, 3.8) is 0 Å². The number of carbonyl (C=O) groups excluding carboxylic acids is 2. The molecular formula is C51H82O5. The van der Waals surface area contributed by atoms with Gasteiger partial charge in [0.25, 0.3) is 0 Å². The fourth-order valence-corrected chi connectivity index (χ4v) is 5.59. The van der Waals surface area contributed by atoms with E-state index in [1.54, 1.807) is 0 Å². The molecule has 0 aromatic carbocycles. The van der Waals surface area contributed by atoms with Crippen molar-refractivity contribution >= 4 is 11.9 Å². The van der Waals surface area contributed by atoms with Crippen molar-refractivity contribution in [2.75, 3.05) is 19.8 Å². The number of carbonyl (C=O) groups is 2. The van der Waals surface area contributed by atoms with Crippen LogP contribution in [0.15, 0.2) is 109 Å². The lowest BCUT2D eigenvalue weighted by Gasteiger charge is -2.18. The molecule has 0 saturated heterocycles. The van der Waals surface area contributed by atoms with Crippen LogP contribution in [0.1, 0.15) is 175 Å². The van der Waals surface area contributed by atoms with E-state index in [4.69, 9.17) is 14.2 Å². The van der Waals surface area contributed by atoms with Crippen LogP contribution in [0, 0.1) is 0 Å². The van der Waals surface area contributed by atoms with Gasteiger partial charge in [-0.2, -0.15) is 0 Å². The summed E-state index contributed by atoms with van der Waals surface area (Å²) in [4.78, 5) is 25.2. The van der Waals surface area contributed by atoms with E-state index in [0.29, 0.717) is 13.0 Å². The van der Waals surface area contributed by atoms with Gasteiger partial charge in [0, 0.05) is 13.0 Å². The SMILES string of the molecule is CC/C=C\C/C=C\C/C=C\C/C=C\C/C=C\CC(=O)OCC(COCCC/C=C\C/C=C\C/C=C\C/C=C\CC)OC(=O)CCCCCCCCCCCCC. The molecule has 5 nitrogen and oxygen atoms in total. The normalized spacial score (nSPS) is 13.3. The number of ether oxygens (including phenoxy) is 3. The van der Waals surface area contributed by atoms with Crippen LogP contribution in [0.3, 0.4) is 0 Å². The minimum absolute atomic E-state index is 0.00437. The fourth-order valence-electron chi connectivity index (χ4n) is 5.59. The third-order valence-electron chi connectivity index (χ3n) is 8.84. The summed E-state index contributed by atoms with van der Waals surface area (Å²) in [5, 5.41) is 0. The zero-order valence-corrected chi connectivity index (χ0v) is 36.1. The minimum Gasteiger partial charge on any atom is -0.461 e. The Morgan fingerprint density at radius 1 is 0.429 bits per heavy atom. The van der Waals surface area contributed by atoms with Crippen LogP contribution in [-0.4, -0.2) is 37.9 Å². The minimum atomic E-state index is -0.607. The highest BCUT2D eigenvalue weighted by Gasteiger charge is 2.17. The first-order chi connectivity index (χ1) is 27.6. The summed E-state index contributed by atoms with van der Waals surface area (Å²) >= 11 is 0. The lowest BCUT2D eigenvalue weighted by atomic mass is 10.1. The second-order valence-electron chi connectivity index (χ2n) is 14.2. The summed E-state index contributed by atoms with van der Waals surface area (Å²) in [5.74, 6) is -0.583. The first-order valence-electron chi connectivity index (χ1n) is 22.4. The van der Waals surface area contributed by atoms with Gasteiger partial charge in [-0.1, -0.05) is 194 Å². The molecule has 0 radical (unpaired) electrons. The van der Waals surface area contributed by atoms with E-state index in [0.717, 1.165) is 89.9 Å². The molecule has 56 heavy (non-hydrogen) atoms. The highest BCUT2D eigenvalue weighted by atomic mass is 16.6. The maximum absolute atomic E-state index is 12.7. The third-order valence-corrected chi connectivity index (χ3v) is 8.84. The van der Waals surface area contributed by atoms with Crippen molar-refractivity contribution in [1.29, 1.82) is 0 Å². The van der Waals surface area contributed by atoms with Crippen LogP contribution in [0.4, 0.5) is 0 Å². The van der Waals surface area contributed by atoms with Crippen LogP contribution >= 0.6 is 0 Å². The van der Waals surface area contributed by atoms with Gasteiger partial charge in [0.1, 0.15) is 6.61 Å². The molecule has 0 heterocycles. The lowest BCUT2D eigenvalue weighted by molar-refractivity contribution is -0.162. The molecule has 5 heteroatoms. The van der Waals surface area contributed by atoms with Crippen LogP contribution in [-0.2, 0) is 23.8 Å². The van der Waals surface area contributed by atoms with Gasteiger partial charge >= 0.3 is 11.9 Å². The van der Waals surface area contributed by atoms with E-state index in [1.165, 1.54) is 51.4 Å². The van der Waals surface area contributed by atoms with E-state index < -0.39 is 6.10 Å². The summed E-state index contributed by atoms with van der Waals surface area (Å²) in [7, 11) is 0. The molecular weight excluding hydrogens is 693 g/mol. The van der Waals surface area contributed by atoms with Crippen LogP contribution < -0.4 is 0 Å². The van der Waals surface area contributed by atoms with Crippen LogP contribution in [0.2, 0.25) is 0 Å². The molecule has 1 unspecified atom stereocenters. The first kappa shape index (κ1) is 52.6. The van der Waals surface area contributed by atoms with Crippen molar-refractivity contribution in [3.8, 4) is 0 Å². The summed E-state index contributed by atoms with van der Waals surface area (Å²) in [6.07, 6.45) is 62.6. The number of unbranched alkanes of at least 4 members (excludes halogenated alkanes) is 11. The summed E-state index contributed by atoms with van der Waals surface area (Å²) < 4.78 is 17.1. The molecule has 0 aliphatic carbocycles. The second kappa shape index (κ2) is 45.9. The average molecular weight is 775 g/mol. The Balaban J connectivity index is 4.49. The molecule has 0 aromatic rings. The number of rotatable bonds is 39. The van der Waals surface area contributed by atoms with Gasteiger partial charge in [0.2, 0.25) is 0 Å². The van der Waals surface area contributed by atoms with Crippen molar-refractivity contribution in [1.82, 2.24) is 0 Å². The molecule has 0 aromatic heterocycles. The number of esters is 2. The average Bonchev–Trinajstić information content (AvgIpc) is 3.20. The molecule has 0 saturated carbocycles. The highest BCUT2D eigenvalue weighted by Crippen LogP contribution is 2.13. The predicted molar refractivity (Wildman–Crippen MR) is 242 cm³/mol. The smallest absolute Gasteiger partial charge is 0.309 e. The third kappa shape index (κ3) is 43.3. The summed E-state index contributed by atoms with van der Waals surface area (Å²) in [5.41, 5.74) is 0. The Morgan fingerprint density at radius 3 is 1.30 bits per heavy atom. The number of hydrogen-bond donors (Lipinski definition) is 0. The second-order valence-corrected chi connectivity index (χ2v) is 14.2. The van der Waals surface area contributed by atoms with Crippen LogP contribution in [0.5, 0.6) is 0 Å². The van der Waals surface area contributed by atoms with Gasteiger partial charge in [0.05, 0.1) is 13.0 Å². The summed E-state index contributed by atoms with van der Waals surface area (Å²) in [6, 6.07) is 0. The maximum atomic E-state index is 12.7. The molecule has 1 atom stereocenters. The number of hydrogen-bond acceptors (Lipinski definition) is 5. The zero-order chi connectivity index (χ0) is 40.7. The number of allylic oxidation sites excluding steroid dienone is 17. The Morgan fingerprint density at radius 2 is 0.839 bits per heavy atom. The first-order valence-corrected chi connectivity index (χ1v) is 22.4. The van der Waals surface area contributed by atoms with Gasteiger partial charge in [-0.05, 0) is 77.0 Å².